The van der Waals surface area contributed by atoms with Gasteiger partial charge in [-0.15, -0.1) is 0 Å². The quantitative estimate of drug-likeness (QED) is 0.827. The number of aliphatic carboxylic acids is 1. The maximum atomic E-state index is 10.9. The van der Waals surface area contributed by atoms with Crippen LogP contribution >= 0.6 is 0 Å². The Bertz CT molecular complexity index is 379. The normalized spacial score (nSPS) is 16.6. The van der Waals surface area contributed by atoms with Crippen LogP contribution in [-0.4, -0.2) is 24.8 Å². The SMILES string of the molecule is COc1ccc(OCC2(C(=O)O)CC2)cc1. The van der Waals surface area contributed by atoms with Gasteiger partial charge in [-0.05, 0) is 37.1 Å². The molecule has 0 radical (unpaired) electrons. The first-order valence-electron chi connectivity index (χ1n) is 5.16. The van der Waals surface area contributed by atoms with Crippen molar-refractivity contribution in [2.24, 2.45) is 5.41 Å². The van der Waals surface area contributed by atoms with Gasteiger partial charge in [-0.25, -0.2) is 0 Å². The molecule has 0 amide bonds. The second kappa shape index (κ2) is 4.04. The van der Waals surface area contributed by atoms with Crippen LogP contribution in [0.5, 0.6) is 11.5 Å². The predicted octanol–water partition coefficient (Wildman–Crippen LogP) is 1.94. The van der Waals surface area contributed by atoms with Crippen molar-refractivity contribution in [3.8, 4) is 11.5 Å². The van der Waals surface area contributed by atoms with Crippen LogP contribution in [0.25, 0.3) is 0 Å². The summed E-state index contributed by atoms with van der Waals surface area (Å²) in [4.78, 5) is 10.9. The van der Waals surface area contributed by atoms with Gasteiger partial charge in [-0.3, -0.25) is 4.79 Å². The molecule has 1 fully saturated rings. The minimum Gasteiger partial charge on any atom is -0.497 e. The number of benzene rings is 1. The minimum atomic E-state index is -0.763. The molecule has 1 aliphatic rings. The summed E-state index contributed by atoms with van der Waals surface area (Å²) in [6, 6.07) is 7.12. The summed E-state index contributed by atoms with van der Waals surface area (Å²) in [6.45, 7) is 0.245. The predicted molar refractivity (Wildman–Crippen MR) is 57.8 cm³/mol. The van der Waals surface area contributed by atoms with Gasteiger partial charge in [0.15, 0.2) is 0 Å². The number of carboxylic acids is 1. The van der Waals surface area contributed by atoms with Crippen molar-refractivity contribution < 1.29 is 19.4 Å². The molecule has 1 aliphatic carbocycles. The van der Waals surface area contributed by atoms with Crippen molar-refractivity contribution in [2.75, 3.05) is 13.7 Å². The van der Waals surface area contributed by atoms with Crippen LogP contribution in [0.3, 0.4) is 0 Å². The molecule has 0 atom stereocenters. The zero-order chi connectivity index (χ0) is 11.6. The van der Waals surface area contributed by atoms with Crippen molar-refractivity contribution in [1.29, 1.82) is 0 Å². The van der Waals surface area contributed by atoms with Gasteiger partial charge in [0.1, 0.15) is 23.5 Å². The fraction of sp³-hybridized carbons (Fsp3) is 0.417. The largest absolute Gasteiger partial charge is 0.497 e. The van der Waals surface area contributed by atoms with E-state index >= 15 is 0 Å². The van der Waals surface area contributed by atoms with Gasteiger partial charge in [0.05, 0.1) is 7.11 Å². The van der Waals surface area contributed by atoms with Crippen LogP contribution in [0.2, 0.25) is 0 Å². The molecule has 0 spiro atoms. The molecule has 4 heteroatoms. The van der Waals surface area contributed by atoms with Crippen LogP contribution in [0, 0.1) is 5.41 Å². The van der Waals surface area contributed by atoms with Crippen molar-refractivity contribution in [3.63, 3.8) is 0 Å². The maximum Gasteiger partial charge on any atom is 0.313 e. The van der Waals surface area contributed by atoms with Crippen molar-refractivity contribution >= 4 is 5.97 Å². The molecular formula is C12H14O4. The van der Waals surface area contributed by atoms with E-state index in [4.69, 9.17) is 14.6 Å². The summed E-state index contributed by atoms with van der Waals surface area (Å²) in [5, 5.41) is 8.96. The van der Waals surface area contributed by atoms with Gasteiger partial charge in [-0.1, -0.05) is 0 Å². The first kappa shape index (κ1) is 10.8. The van der Waals surface area contributed by atoms with E-state index in [2.05, 4.69) is 0 Å². The molecule has 16 heavy (non-hydrogen) atoms. The van der Waals surface area contributed by atoms with Crippen LogP contribution in [0.15, 0.2) is 24.3 Å². The molecule has 4 nitrogen and oxygen atoms in total. The Morgan fingerprint density at radius 1 is 1.31 bits per heavy atom. The standard InChI is InChI=1S/C12H14O4/c1-15-9-2-4-10(5-3-9)16-8-12(6-7-12)11(13)14/h2-5H,6-8H2,1H3,(H,13,14). The smallest absolute Gasteiger partial charge is 0.313 e. The molecule has 0 aliphatic heterocycles. The third-order valence-electron chi connectivity index (χ3n) is 2.88. The van der Waals surface area contributed by atoms with Gasteiger partial charge < -0.3 is 14.6 Å². The van der Waals surface area contributed by atoms with Gasteiger partial charge in [0.25, 0.3) is 0 Å². The zero-order valence-corrected chi connectivity index (χ0v) is 9.10. The molecule has 1 N–H and O–H groups in total. The Hall–Kier alpha value is -1.71. The van der Waals surface area contributed by atoms with E-state index < -0.39 is 11.4 Å². The minimum absolute atomic E-state index is 0.245. The van der Waals surface area contributed by atoms with Crippen molar-refractivity contribution in [1.82, 2.24) is 0 Å². The second-order valence-electron chi connectivity index (χ2n) is 4.05. The lowest BCUT2D eigenvalue weighted by Crippen LogP contribution is -2.22. The molecule has 0 saturated heterocycles. The van der Waals surface area contributed by atoms with E-state index in [-0.39, 0.29) is 6.61 Å². The average Bonchev–Trinajstić information content (AvgIpc) is 3.08. The van der Waals surface area contributed by atoms with Gasteiger partial charge in [0, 0.05) is 0 Å². The Morgan fingerprint density at radius 2 is 1.88 bits per heavy atom. The summed E-state index contributed by atoms with van der Waals surface area (Å²) in [7, 11) is 1.60. The van der Waals surface area contributed by atoms with Crippen molar-refractivity contribution in [3.05, 3.63) is 24.3 Å². The third kappa shape index (κ3) is 2.10. The Morgan fingerprint density at radius 3 is 2.31 bits per heavy atom. The first-order valence-corrected chi connectivity index (χ1v) is 5.16. The topological polar surface area (TPSA) is 55.8 Å². The molecule has 1 saturated carbocycles. The highest BCUT2D eigenvalue weighted by Gasteiger charge is 2.51. The van der Waals surface area contributed by atoms with Crippen LogP contribution in [0.1, 0.15) is 12.8 Å². The molecule has 1 aromatic rings. The third-order valence-corrected chi connectivity index (χ3v) is 2.88. The number of hydrogen-bond donors (Lipinski definition) is 1. The molecule has 0 bridgehead atoms. The highest BCUT2D eigenvalue weighted by molar-refractivity contribution is 5.77. The Labute approximate surface area is 93.8 Å². The average molecular weight is 222 g/mol. The Balaban J connectivity index is 1.92. The van der Waals surface area contributed by atoms with Crippen LogP contribution in [-0.2, 0) is 4.79 Å². The lowest BCUT2D eigenvalue weighted by molar-refractivity contribution is -0.144. The molecule has 1 aromatic carbocycles. The number of carboxylic acid groups (broad SMARTS) is 1. The molecule has 0 heterocycles. The van der Waals surface area contributed by atoms with E-state index in [1.54, 1.807) is 31.4 Å². The number of ether oxygens (including phenoxy) is 2. The van der Waals surface area contributed by atoms with Gasteiger partial charge >= 0.3 is 5.97 Å². The zero-order valence-electron chi connectivity index (χ0n) is 9.10. The van der Waals surface area contributed by atoms with E-state index in [9.17, 15) is 4.79 Å². The summed E-state index contributed by atoms with van der Waals surface area (Å²) in [6.07, 6.45) is 1.41. The number of hydrogen-bond acceptors (Lipinski definition) is 3. The number of methoxy groups -OCH3 is 1. The second-order valence-corrected chi connectivity index (χ2v) is 4.05. The Kier molecular flexibility index (Phi) is 2.73. The fourth-order valence-corrected chi connectivity index (χ4v) is 1.46. The van der Waals surface area contributed by atoms with Crippen LogP contribution < -0.4 is 9.47 Å². The van der Waals surface area contributed by atoms with E-state index in [0.717, 1.165) is 5.75 Å². The monoisotopic (exact) mass is 222 g/mol. The summed E-state index contributed by atoms with van der Waals surface area (Å²) in [5.41, 5.74) is -0.639. The van der Waals surface area contributed by atoms with Crippen LogP contribution in [0.4, 0.5) is 0 Å². The molecule has 0 unspecified atom stereocenters. The van der Waals surface area contributed by atoms with Gasteiger partial charge in [-0.2, -0.15) is 0 Å². The molecule has 2 rings (SSSR count). The summed E-state index contributed by atoms with van der Waals surface area (Å²) < 4.78 is 10.5. The molecule has 86 valence electrons. The first-order chi connectivity index (χ1) is 7.66. The van der Waals surface area contributed by atoms with Crippen molar-refractivity contribution in [2.45, 2.75) is 12.8 Å². The maximum absolute atomic E-state index is 10.9. The highest BCUT2D eigenvalue weighted by Crippen LogP contribution is 2.46. The lowest BCUT2D eigenvalue weighted by Gasteiger charge is -2.11. The van der Waals surface area contributed by atoms with E-state index in [0.29, 0.717) is 18.6 Å². The number of carbonyl (C=O) groups is 1. The fourth-order valence-electron chi connectivity index (χ4n) is 1.46. The van der Waals surface area contributed by atoms with E-state index in [1.807, 2.05) is 0 Å². The number of rotatable bonds is 5. The molecule has 0 aromatic heterocycles. The summed E-state index contributed by atoms with van der Waals surface area (Å²) >= 11 is 0. The van der Waals surface area contributed by atoms with Gasteiger partial charge in [0.2, 0.25) is 0 Å². The lowest BCUT2D eigenvalue weighted by atomic mass is 10.1. The summed E-state index contributed by atoms with van der Waals surface area (Å²) in [5.74, 6) is 0.668. The van der Waals surface area contributed by atoms with E-state index in [1.165, 1.54) is 0 Å². The molecular weight excluding hydrogens is 208 g/mol. The highest BCUT2D eigenvalue weighted by atomic mass is 16.5.